The number of hydrogen-bond acceptors (Lipinski definition) is 8. The summed E-state index contributed by atoms with van der Waals surface area (Å²) in [5.74, 6) is -2.07. The van der Waals surface area contributed by atoms with Crippen molar-refractivity contribution in [3.8, 4) is 0 Å². The molecular weight excluding hydrogens is 464 g/mol. The van der Waals surface area contributed by atoms with E-state index >= 15 is 0 Å². The molecule has 1 N–H and O–H groups in total. The number of nitrogens with zero attached hydrogens (tertiary/aromatic N) is 3. The number of non-ortho nitro benzene ring substituents is 1. The Bertz CT molecular complexity index is 1040. The van der Waals surface area contributed by atoms with Crippen molar-refractivity contribution in [2.45, 2.75) is 59.3 Å². The van der Waals surface area contributed by atoms with Gasteiger partial charge in [-0.3, -0.25) is 10.1 Å². The lowest BCUT2D eigenvalue weighted by Crippen LogP contribution is -2.33. The van der Waals surface area contributed by atoms with Gasteiger partial charge >= 0.3 is 11.9 Å². The van der Waals surface area contributed by atoms with Gasteiger partial charge in [0.1, 0.15) is 5.82 Å². The summed E-state index contributed by atoms with van der Waals surface area (Å²) < 4.78 is 10.3. The van der Waals surface area contributed by atoms with Gasteiger partial charge in [-0.25, -0.2) is 14.6 Å². The molecule has 0 saturated heterocycles. The average molecular weight is 501 g/mol. The average Bonchev–Trinajstić information content (AvgIpc) is 2.87. The SMILES string of the molecule is CCCCN(C=NC1=C(C(=O)OCC)C(c2cccc([N+](=O)[O-])c2)C(C(=O)OC)=C(C)N1)CCCC. The first-order chi connectivity index (χ1) is 17.3. The predicted molar refractivity (Wildman–Crippen MR) is 137 cm³/mol. The lowest BCUT2D eigenvalue weighted by atomic mass is 9.81. The number of nitrogens with one attached hydrogen (secondary N) is 1. The van der Waals surface area contributed by atoms with Crippen LogP contribution in [0.1, 0.15) is 64.9 Å². The minimum absolute atomic E-state index is 0.0885. The minimum atomic E-state index is -0.968. The molecule has 10 heteroatoms. The molecule has 10 nitrogen and oxygen atoms in total. The standard InChI is InChI=1S/C26H36N4O6/c1-6-9-14-29(15-10-7-2)17-27-24-23(26(32)36-8-3)22(21(18(4)28-24)25(31)35-5)19-12-11-13-20(16-19)30(33)34/h11-13,16-17,22,28H,6-10,14-15H2,1-5H3. The fourth-order valence-corrected chi connectivity index (χ4v) is 3.96. The molecule has 36 heavy (non-hydrogen) atoms. The highest BCUT2D eigenvalue weighted by Crippen LogP contribution is 2.40. The van der Waals surface area contributed by atoms with Crippen LogP contribution in [-0.4, -0.2) is 54.9 Å². The number of benzene rings is 1. The van der Waals surface area contributed by atoms with Crippen molar-refractivity contribution in [2.75, 3.05) is 26.8 Å². The third kappa shape index (κ3) is 7.16. The Morgan fingerprint density at radius 2 is 1.81 bits per heavy atom. The molecule has 1 aromatic rings. The van der Waals surface area contributed by atoms with E-state index in [9.17, 15) is 19.7 Å². The zero-order valence-corrected chi connectivity index (χ0v) is 21.7. The molecule has 0 spiro atoms. The number of carbonyl (C=O) groups is 2. The quantitative estimate of drug-likeness (QED) is 0.139. The highest BCUT2D eigenvalue weighted by atomic mass is 16.6. The number of allylic oxidation sites excluding steroid dienone is 1. The molecule has 1 aromatic carbocycles. The van der Waals surface area contributed by atoms with Gasteiger partial charge in [0.15, 0.2) is 0 Å². The van der Waals surface area contributed by atoms with Crippen LogP contribution in [0, 0.1) is 10.1 Å². The summed E-state index contributed by atoms with van der Waals surface area (Å²) in [4.78, 5) is 43.7. The Balaban J connectivity index is 2.71. The molecule has 1 aliphatic heterocycles. The van der Waals surface area contributed by atoms with Crippen LogP contribution in [-0.2, 0) is 19.1 Å². The lowest BCUT2D eigenvalue weighted by Gasteiger charge is -2.30. The van der Waals surface area contributed by atoms with E-state index in [-0.39, 0.29) is 29.3 Å². The van der Waals surface area contributed by atoms with Crippen molar-refractivity contribution in [3.63, 3.8) is 0 Å². The van der Waals surface area contributed by atoms with Crippen molar-refractivity contribution >= 4 is 24.0 Å². The number of carbonyl (C=O) groups excluding carboxylic acids is 2. The zero-order chi connectivity index (χ0) is 26.7. The van der Waals surface area contributed by atoms with Crippen LogP contribution in [0.3, 0.4) is 0 Å². The second-order valence-electron chi connectivity index (χ2n) is 8.41. The molecular formula is C26H36N4O6. The largest absolute Gasteiger partial charge is 0.466 e. The van der Waals surface area contributed by atoms with Gasteiger partial charge in [-0.1, -0.05) is 38.8 Å². The second-order valence-corrected chi connectivity index (χ2v) is 8.41. The number of dihydropyridines is 1. The Morgan fingerprint density at radius 1 is 1.14 bits per heavy atom. The van der Waals surface area contributed by atoms with Gasteiger partial charge in [0, 0.05) is 30.9 Å². The molecule has 0 bridgehead atoms. The van der Waals surface area contributed by atoms with Crippen molar-refractivity contribution in [1.82, 2.24) is 10.2 Å². The van der Waals surface area contributed by atoms with Crippen LogP contribution < -0.4 is 5.32 Å². The van der Waals surface area contributed by atoms with Crippen LogP contribution in [0.2, 0.25) is 0 Å². The second kappa shape index (κ2) is 14.0. The molecule has 1 heterocycles. The van der Waals surface area contributed by atoms with Gasteiger partial charge in [-0.05, 0) is 32.3 Å². The van der Waals surface area contributed by atoms with Gasteiger partial charge in [-0.15, -0.1) is 0 Å². The number of unbranched alkanes of at least 4 members (excludes halogenated alkanes) is 2. The Morgan fingerprint density at radius 3 is 2.36 bits per heavy atom. The normalized spacial score (nSPS) is 15.6. The fraction of sp³-hybridized carbons (Fsp3) is 0.500. The maximum atomic E-state index is 13.2. The summed E-state index contributed by atoms with van der Waals surface area (Å²) in [5.41, 5.74) is 0.910. The number of esters is 2. The van der Waals surface area contributed by atoms with Crippen LogP contribution in [0.4, 0.5) is 5.69 Å². The number of nitro groups is 1. The van der Waals surface area contributed by atoms with Gasteiger partial charge in [0.05, 0.1) is 42.0 Å². The van der Waals surface area contributed by atoms with E-state index in [0.29, 0.717) is 11.3 Å². The number of methoxy groups -OCH3 is 1. The smallest absolute Gasteiger partial charge is 0.338 e. The van der Waals surface area contributed by atoms with Gasteiger partial charge in [-0.2, -0.15) is 0 Å². The summed E-state index contributed by atoms with van der Waals surface area (Å²) in [7, 11) is 1.24. The molecule has 1 unspecified atom stereocenters. The van der Waals surface area contributed by atoms with Gasteiger partial charge in [0.25, 0.3) is 5.69 Å². The minimum Gasteiger partial charge on any atom is -0.466 e. The molecule has 0 saturated carbocycles. The van der Waals surface area contributed by atoms with E-state index in [0.717, 1.165) is 38.8 Å². The van der Waals surface area contributed by atoms with Crippen LogP contribution in [0.5, 0.6) is 0 Å². The molecule has 2 rings (SSSR count). The van der Waals surface area contributed by atoms with Crippen LogP contribution in [0.25, 0.3) is 0 Å². The third-order valence-electron chi connectivity index (χ3n) is 5.81. The maximum absolute atomic E-state index is 13.2. The zero-order valence-electron chi connectivity index (χ0n) is 21.7. The summed E-state index contributed by atoms with van der Waals surface area (Å²) in [6.45, 7) is 9.34. The molecule has 0 radical (unpaired) electrons. The van der Waals surface area contributed by atoms with Crippen molar-refractivity contribution in [1.29, 1.82) is 0 Å². The predicted octanol–water partition coefficient (Wildman–Crippen LogP) is 4.43. The van der Waals surface area contributed by atoms with Crippen molar-refractivity contribution < 1.29 is 24.0 Å². The van der Waals surface area contributed by atoms with Gasteiger partial charge in [0.2, 0.25) is 0 Å². The number of hydrogen-bond donors (Lipinski definition) is 1. The van der Waals surface area contributed by atoms with E-state index in [1.807, 2.05) is 0 Å². The first-order valence-electron chi connectivity index (χ1n) is 12.3. The number of ether oxygens (including phenoxy) is 2. The van der Waals surface area contributed by atoms with Crippen molar-refractivity contribution in [2.24, 2.45) is 4.99 Å². The summed E-state index contributed by atoms with van der Waals surface area (Å²) >= 11 is 0. The van der Waals surface area contributed by atoms with Crippen molar-refractivity contribution in [3.05, 3.63) is 62.6 Å². The summed E-state index contributed by atoms with van der Waals surface area (Å²) in [6.07, 6.45) is 5.76. The van der Waals surface area contributed by atoms with E-state index in [1.165, 1.54) is 25.3 Å². The molecule has 0 amide bonds. The Kier molecular flexibility index (Phi) is 11.1. The van der Waals surface area contributed by atoms with E-state index in [1.54, 1.807) is 26.3 Å². The number of rotatable bonds is 13. The van der Waals surface area contributed by atoms with Crippen LogP contribution in [0.15, 0.2) is 51.9 Å². The van der Waals surface area contributed by atoms with E-state index in [4.69, 9.17) is 9.47 Å². The molecule has 0 fully saturated rings. The highest BCUT2D eigenvalue weighted by molar-refractivity contribution is 6.00. The summed E-state index contributed by atoms with van der Waals surface area (Å²) in [6, 6.07) is 5.85. The Hall–Kier alpha value is -3.69. The lowest BCUT2D eigenvalue weighted by molar-refractivity contribution is -0.384. The monoisotopic (exact) mass is 500 g/mol. The van der Waals surface area contributed by atoms with Gasteiger partial charge < -0.3 is 19.7 Å². The van der Waals surface area contributed by atoms with E-state index < -0.39 is 22.8 Å². The van der Waals surface area contributed by atoms with Crippen LogP contribution >= 0.6 is 0 Å². The number of aliphatic imine (C=N–C) groups is 1. The Labute approximate surface area is 212 Å². The molecule has 1 atom stereocenters. The molecule has 0 aliphatic carbocycles. The first kappa shape index (κ1) is 28.5. The number of nitro benzene ring substituents is 1. The first-order valence-corrected chi connectivity index (χ1v) is 12.3. The highest BCUT2D eigenvalue weighted by Gasteiger charge is 2.39. The van der Waals surface area contributed by atoms with E-state index in [2.05, 4.69) is 29.1 Å². The maximum Gasteiger partial charge on any atom is 0.338 e. The topological polar surface area (TPSA) is 123 Å². The molecule has 1 aliphatic rings. The molecule has 0 aromatic heterocycles. The molecule has 196 valence electrons. The third-order valence-corrected chi connectivity index (χ3v) is 5.81. The fourth-order valence-electron chi connectivity index (χ4n) is 3.96. The summed E-state index contributed by atoms with van der Waals surface area (Å²) in [5, 5.41) is 14.5.